The fourth-order valence-electron chi connectivity index (χ4n) is 2.45. The first-order valence-electron chi connectivity index (χ1n) is 6.20. The number of benzene rings is 2. The predicted molar refractivity (Wildman–Crippen MR) is 73.6 cm³/mol. The van der Waals surface area contributed by atoms with Gasteiger partial charge in [-0.2, -0.15) is 0 Å². The standard InChI is InChI=1S/C17H13FO/c1-12-6-9-14(10-7-12)17(18)15-5-3-2-4-13(15)8-11-16(17)19/h2-11H,1H3. The Hall–Kier alpha value is -2.22. The zero-order chi connectivity index (χ0) is 13.5. The summed E-state index contributed by atoms with van der Waals surface area (Å²) in [6.45, 7) is 1.94. The molecular formula is C17H13FO. The van der Waals surface area contributed by atoms with Gasteiger partial charge in [0.1, 0.15) is 0 Å². The van der Waals surface area contributed by atoms with Gasteiger partial charge in [-0.3, -0.25) is 4.79 Å². The Kier molecular flexibility index (Phi) is 2.59. The van der Waals surface area contributed by atoms with E-state index in [1.54, 1.807) is 30.3 Å². The van der Waals surface area contributed by atoms with E-state index in [0.29, 0.717) is 11.1 Å². The zero-order valence-electron chi connectivity index (χ0n) is 10.6. The van der Waals surface area contributed by atoms with E-state index in [-0.39, 0.29) is 0 Å². The van der Waals surface area contributed by atoms with Crippen molar-refractivity contribution in [2.24, 2.45) is 0 Å². The zero-order valence-corrected chi connectivity index (χ0v) is 10.6. The molecule has 0 radical (unpaired) electrons. The van der Waals surface area contributed by atoms with Gasteiger partial charge in [-0.1, -0.05) is 60.2 Å². The van der Waals surface area contributed by atoms with Crippen LogP contribution in [0.1, 0.15) is 22.3 Å². The number of rotatable bonds is 1. The molecule has 3 rings (SSSR count). The van der Waals surface area contributed by atoms with E-state index in [1.807, 2.05) is 31.2 Å². The Balaban J connectivity index is 2.24. The van der Waals surface area contributed by atoms with E-state index in [1.165, 1.54) is 6.08 Å². The second kappa shape index (κ2) is 4.16. The minimum atomic E-state index is -2.07. The molecule has 1 atom stereocenters. The predicted octanol–water partition coefficient (Wildman–Crippen LogP) is 3.80. The lowest BCUT2D eigenvalue weighted by molar-refractivity contribution is -0.123. The lowest BCUT2D eigenvalue weighted by Gasteiger charge is -2.28. The first kappa shape index (κ1) is 11.8. The van der Waals surface area contributed by atoms with Crippen LogP contribution in [0.2, 0.25) is 0 Å². The lowest BCUT2D eigenvalue weighted by Crippen LogP contribution is -2.33. The highest BCUT2D eigenvalue weighted by molar-refractivity contribution is 6.06. The number of halogens is 1. The molecule has 2 heteroatoms. The molecule has 0 saturated carbocycles. The van der Waals surface area contributed by atoms with Gasteiger partial charge in [0.05, 0.1) is 0 Å². The fourth-order valence-corrected chi connectivity index (χ4v) is 2.45. The van der Waals surface area contributed by atoms with Gasteiger partial charge in [0.2, 0.25) is 11.5 Å². The molecule has 19 heavy (non-hydrogen) atoms. The number of fused-ring (bicyclic) bond motifs is 1. The monoisotopic (exact) mass is 252 g/mol. The maximum atomic E-state index is 15.4. The maximum absolute atomic E-state index is 15.4. The molecule has 0 N–H and O–H groups in total. The number of aryl methyl sites for hydroxylation is 1. The molecule has 0 bridgehead atoms. The first-order valence-corrected chi connectivity index (χ1v) is 6.20. The molecule has 0 heterocycles. The van der Waals surface area contributed by atoms with Crippen LogP contribution < -0.4 is 0 Å². The van der Waals surface area contributed by atoms with Crippen molar-refractivity contribution >= 4 is 11.9 Å². The smallest absolute Gasteiger partial charge is 0.223 e. The van der Waals surface area contributed by atoms with Gasteiger partial charge in [-0.25, -0.2) is 4.39 Å². The van der Waals surface area contributed by atoms with Gasteiger partial charge in [0.15, 0.2) is 0 Å². The molecule has 2 aromatic rings. The number of hydrogen-bond acceptors (Lipinski definition) is 1. The van der Waals surface area contributed by atoms with Crippen molar-refractivity contribution in [3.05, 3.63) is 76.9 Å². The summed E-state index contributed by atoms with van der Waals surface area (Å²) in [4.78, 5) is 12.1. The van der Waals surface area contributed by atoms with Crippen molar-refractivity contribution < 1.29 is 9.18 Å². The fraction of sp³-hybridized carbons (Fsp3) is 0.118. The average molecular weight is 252 g/mol. The SMILES string of the molecule is Cc1ccc(C2(F)C(=O)C=Cc3ccccc32)cc1. The lowest BCUT2D eigenvalue weighted by atomic mass is 9.78. The first-order chi connectivity index (χ1) is 9.12. The van der Waals surface area contributed by atoms with Crippen molar-refractivity contribution in [2.75, 3.05) is 0 Å². The number of allylic oxidation sites excluding steroid dienone is 1. The summed E-state index contributed by atoms with van der Waals surface area (Å²) < 4.78 is 15.4. The molecule has 0 aliphatic heterocycles. The summed E-state index contributed by atoms with van der Waals surface area (Å²) in [5.41, 5.74) is 0.537. The number of alkyl halides is 1. The summed E-state index contributed by atoms with van der Waals surface area (Å²) in [5.74, 6) is -0.518. The largest absolute Gasteiger partial charge is 0.290 e. The van der Waals surface area contributed by atoms with Crippen molar-refractivity contribution in [1.82, 2.24) is 0 Å². The molecule has 0 saturated heterocycles. The molecule has 0 amide bonds. The molecule has 0 aromatic heterocycles. The molecule has 1 unspecified atom stereocenters. The molecule has 94 valence electrons. The van der Waals surface area contributed by atoms with Crippen molar-refractivity contribution in [2.45, 2.75) is 12.6 Å². The van der Waals surface area contributed by atoms with Crippen LogP contribution in [-0.2, 0) is 10.5 Å². The van der Waals surface area contributed by atoms with Gasteiger partial charge in [0.25, 0.3) is 0 Å². The number of carbonyl (C=O) groups excluding carboxylic acids is 1. The van der Waals surface area contributed by atoms with Crippen LogP contribution in [0, 0.1) is 6.92 Å². The molecule has 1 nitrogen and oxygen atoms in total. The Morgan fingerprint density at radius 2 is 1.63 bits per heavy atom. The third-order valence-electron chi connectivity index (χ3n) is 3.54. The Bertz CT molecular complexity index is 670. The summed E-state index contributed by atoms with van der Waals surface area (Å²) in [5, 5.41) is 0. The van der Waals surface area contributed by atoms with E-state index in [9.17, 15) is 4.79 Å². The summed E-state index contributed by atoms with van der Waals surface area (Å²) in [6, 6.07) is 14.1. The van der Waals surface area contributed by atoms with Crippen LogP contribution in [-0.4, -0.2) is 5.78 Å². The van der Waals surface area contributed by atoms with Gasteiger partial charge in [-0.05, 0) is 18.6 Å². The number of ketones is 1. The Morgan fingerprint density at radius 3 is 2.37 bits per heavy atom. The average Bonchev–Trinajstić information content (AvgIpc) is 2.44. The molecule has 0 fully saturated rings. The quantitative estimate of drug-likeness (QED) is 0.754. The Morgan fingerprint density at radius 1 is 0.947 bits per heavy atom. The summed E-state index contributed by atoms with van der Waals surface area (Å²) >= 11 is 0. The van der Waals surface area contributed by atoms with E-state index < -0.39 is 11.5 Å². The second-order valence-corrected chi connectivity index (χ2v) is 4.81. The summed E-state index contributed by atoms with van der Waals surface area (Å²) in [7, 11) is 0. The van der Waals surface area contributed by atoms with Gasteiger partial charge < -0.3 is 0 Å². The van der Waals surface area contributed by atoms with Crippen LogP contribution in [0.5, 0.6) is 0 Å². The highest BCUT2D eigenvalue weighted by Gasteiger charge is 2.43. The summed E-state index contributed by atoms with van der Waals surface area (Å²) in [6.07, 6.45) is 2.99. The van der Waals surface area contributed by atoms with Crippen molar-refractivity contribution in [3.63, 3.8) is 0 Å². The Labute approximate surface area is 111 Å². The van der Waals surface area contributed by atoms with Gasteiger partial charge in [-0.15, -0.1) is 0 Å². The van der Waals surface area contributed by atoms with Crippen LogP contribution in [0.15, 0.2) is 54.6 Å². The minimum absolute atomic E-state index is 0.389. The molecule has 0 spiro atoms. The third-order valence-corrected chi connectivity index (χ3v) is 3.54. The number of hydrogen-bond donors (Lipinski definition) is 0. The molecule has 1 aliphatic carbocycles. The second-order valence-electron chi connectivity index (χ2n) is 4.81. The van der Waals surface area contributed by atoms with E-state index >= 15 is 4.39 Å². The van der Waals surface area contributed by atoms with Crippen molar-refractivity contribution in [1.29, 1.82) is 0 Å². The minimum Gasteiger partial charge on any atom is -0.290 e. The van der Waals surface area contributed by atoms with Gasteiger partial charge in [0, 0.05) is 11.1 Å². The van der Waals surface area contributed by atoms with E-state index in [2.05, 4.69) is 0 Å². The highest BCUT2D eigenvalue weighted by atomic mass is 19.1. The number of carbonyl (C=O) groups is 1. The van der Waals surface area contributed by atoms with E-state index in [4.69, 9.17) is 0 Å². The van der Waals surface area contributed by atoms with E-state index in [0.717, 1.165) is 11.1 Å². The molecule has 1 aliphatic rings. The highest BCUT2D eigenvalue weighted by Crippen LogP contribution is 2.40. The van der Waals surface area contributed by atoms with Crippen LogP contribution in [0.4, 0.5) is 4.39 Å². The van der Waals surface area contributed by atoms with Crippen molar-refractivity contribution in [3.8, 4) is 0 Å². The van der Waals surface area contributed by atoms with Crippen LogP contribution in [0.25, 0.3) is 6.08 Å². The molecular weight excluding hydrogens is 239 g/mol. The normalized spacial score (nSPS) is 21.3. The molecule has 2 aromatic carbocycles. The topological polar surface area (TPSA) is 17.1 Å². The van der Waals surface area contributed by atoms with Crippen LogP contribution >= 0.6 is 0 Å². The third kappa shape index (κ3) is 1.72. The van der Waals surface area contributed by atoms with Gasteiger partial charge >= 0.3 is 0 Å². The van der Waals surface area contributed by atoms with Crippen LogP contribution in [0.3, 0.4) is 0 Å². The maximum Gasteiger partial charge on any atom is 0.223 e.